The molecule has 1 heterocycles. The third kappa shape index (κ3) is 4.33. The number of alkyl carbamates (subject to hydrolysis) is 1. The van der Waals surface area contributed by atoms with Crippen LogP contribution in [0.15, 0.2) is 48.5 Å². The number of amides is 2. The lowest BCUT2D eigenvalue weighted by molar-refractivity contribution is -0.227. The number of ether oxygens (including phenoxy) is 1. The molecule has 4 rings (SSSR count). The van der Waals surface area contributed by atoms with Crippen LogP contribution in [0.1, 0.15) is 36.8 Å². The van der Waals surface area contributed by atoms with Gasteiger partial charge in [0, 0.05) is 19.0 Å². The van der Waals surface area contributed by atoms with Crippen molar-refractivity contribution in [2.75, 3.05) is 19.7 Å². The molecule has 10 heteroatoms. The summed E-state index contributed by atoms with van der Waals surface area (Å²) in [5.74, 6) is -2.98. The number of halogens is 3. The van der Waals surface area contributed by atoms with Crippen LogP contribution in [-0.4, -0.2) is 59.9 Å². The Hall–Kier alpha value is -3.56. The number of likely N-dealkylation sites (tertiary alicyclic amines) is 1. The summed E-state index contributed by atoms with van der Waals surface area (Å²) in [5.41, 5.74) is 1.13. The van der Waals surface area contributed by atoms with Crippen LogP contribution in [0.4, 0.5) is 18.0 Å². The minimum absolute atomic E-state index is 0.0183. The number of nitrogens with one attached hydrogen (secondary N) is 1. The van der Waals surface area contributed by atoms with Gasteiger partial charge in [0.15, 0.2) is 5.41 Å². The third-order valence-corrected chi connectivity index (χ3v) is 6.88. The summed E-state index contributed by atoms with van der Waals surface area (Å²) >= 11 is 0. The van der Waals surface area contributed by atoms with Crippen LogP contribution in [0.2, 0.25) is 0 Å². The Morgan fingerprint density at radius 2 is 1.69 bits per heavy atom. The number of aliphatic carboxylic acids is 1. The highest BCUT2D eigenvalue weighted by Gasteiger charge is 2.64. The van der Waals surface area contributed by atoms with E-state index in [-0.39, 0.29) is 25.5 Å². The Labute approximate surface area is 199 Å². The molecule has 2 atom stereocenters. The summed E-state index contributed by atoms with van der Waals surface area (Å²) in [4.78, 5) is 37.6. The molecule has 2 unspecified atom stereocenters. The fraction of sp³-hybridized carbons (Fsp3) is 0.400. The van der Waals surface area contributed by atoms with Gasteiger partial charge in [-0.3, -0.25) is 9.59 Å². The Morgan fingerprint density at radius 3 is 2.17 bits per heavy atom. The minimum atomic E-state index is -5.00. The lowest BCUT2D eigenvalue weighted by Gasteiger charge is -2.28. The second-order valence-electron chi connectivity index (χ2n) is 8.83. The van der Waals surface area contributed by atoms with E-state index in [1.54, 1.807) is 6.92 Å². The van der Waals surface area contributed by atoms with E-state index in [1.165, 1.54) is 0 Å². The zero-order valence-corrected chi connectivity index (χ0v) is 19.0. The summed E-state index contributed by atoms with van der Waals surface area (Å²) in [6.07, 6.45) is -6.51. The first-order chi connectivity index (χ1) is 16.6. The first kappa shape index (κ1) is 24.6. The molecule has 0 bridgehead atoms. The van der Waals surface area contributed by atoms with Gasteiger partial charge < -0.3 is 20.1 Å². The SMILES string of the molecule is CCC(NC(=O)OCC1c2ccccc2-c2ccccc21)C(=O)N1CCC(C(=O)O)(C(F)(F)F)C1. The van der Waals surface area contributed by atoms with Crippen molar-refractivity contribution in [1.82, 2.24) is 10.2 Å². The smallest absolute Gasteiger partial charge is 0.407 e. The zero-order chi connectivity index (χ0) is 25.4. The second kappa shape index (κ2) is 9.24. The quantitative estimate of drug-likeness (QED) is 0.634. The van der Waals surface area contributed by atoms with Crippen LogP contribution < -0.4 is 5.32 Å². The number of nitrogens with zero attached hydrogens (tertiary/aromatic N) is 1. The van der Waals surface area contributed by atoms with E-state index in [0.717, 1.165) is 27.2 Å². The van der Waals surface area contributed by atoms with E-state index in [4.69, 9.17) is 4.74 Å². The molecule has 2 N–H and O–H groups in total. The Morgan fingerprint density at radius 1 is 1.11 bits per heavy atom. The highest BCUT2D eigenvalue weighted by molar-refractivity contribution is 5.87. The van der Waals surface area contributed by atoms with Crippen molar-refractivity contribution in [2.24, 2.45) is 5.41 Å². The lowest BCUT2D eigenvalue weighted by atomic mass is 9.86. The summed E-state index contributed by atoms with van der Waals surface area (Å²) in [6, 6.07) is 14.4. The topological polar surface area (TPSA) is 95.9 Å². The number of carbonyl (C=O) groups is 3. The fourth-order valence-electron chi connectivity index (χ4n) is 4.87. The second-order valence-corrected chi connectivity index (χ2v) is 8.83. The van der Waals surface area contributed by atoms with Gasteiger partial charge in [-0.2, -0.15) is 13.2 Å². The molecule has 186 valence electrons. The highest BCUT2D eigenvalue weighted by Crippen LogP contribution is 2.46. The fourth-order valence-corrected chi connectivity index (χ4v) is 4.87. The van der Waals surface area contributed by atoms with Crippen molar-refractivity contribution in [2.45, 2.75) is 37.9 Å². The molecule has 35 heavy (non-hydrogen) atoms. The van der Waals surface area contributed by atoms with Crippen molar-refractivity contribution in [3.8, 4) is 11.1 Å². The van der Waals surface area contributed by atoms with Crippen LogP contribution in [0, 0.1) is 5.41 Å². The molecule has 0 spiro atoms. The molecule has 1 fully saturated rings. The maximum Gasteiger partial charge on any atom is 0.407 e. The molecule has 0 radical (unpaired) electrons. The number of rotatable bonds is 6. The number of carbonyl (C=O) groups excluding carboxylic acids is 2. The molecule has 2 amide bonds. The van der Waals surface area contributed by atoms with Gasteiger partial charge in [-0.05, 0) is 35.1 Å². The molecule has 1 aliphatic carbocycles. The highest BCUT2D eigenvalue weighted by atomic mass is 19.4. The normalized spacial score (nSPS) is 20.2. The maximum atomic E-state index is 13.4. The average Bonchev–Trinajstić information content (AvgIpc) is 3.42. The van der Waals surface area contributed by atoms with Crippen molar-refractivity contribution < 1.29 is 37.4 Å². The molecular weight excluding hydrogens is 465 g/mol. The van der Waals surface area contributed by atoms with Crippen LogP contribution in [-0.2, 0) is 14.3 Å². The van der Waals surface area contributed by atoms with E-state index in [2.05, 4.69) is 5.32 Å². The van der Waals surface area contributed by atoms with Gasteiger partial charge >= 0.3 is 18.2 Å². The van der Waals surface area contributed by atoms with Crippen LogP contribution in [0.5, 0.6) is 0 Å². The number of fused-ring (bicyclic) bond motifs is 3. The van der Waals surface area contributed by atoms with Gasteiger partial charge in [-0.15, -0.1) is 0 Å². The van der Waals surface area contributed by atoms with Gasteiger partial charge in [0.25, 0.3) is 0 Å². The van der Waals surface area contributed by atoms with E-state index >= 15 is 0 Å². The third-order valence-electron chi connectivity index (χ3n) is 6.88. The predicted molar refractivity (Wildman–Crippen MR) is 120 cm³/mol. The lowest BCUT2D eigenvalue weighted by Crippen LogP contribution is -2.51. The molecular formula is C25H25F3N2O5. The van der Waals surface area contributed by atoms with E-state index in [9.17, 15) is 32.7 Å². The number of alkyl halides is 3. The van der Waals surface area contributed by atoms with E-state index in [1.807, 2.05) is 48.5 Å². The molecule has 7 nitrogen and oxygen atoms in total. The first-order valence-electron chi connectivity index (χ1n) is 11.3. The van der Waals surface area contributed by atoms with Gasteiger partial charge in [-0.25, -0.2) is 4.79 Å². The van der Waals surface area contributed by atoms with Gasteiger partial charge in [0.2, 0.25) is 5.91 Å². The van der Waals surface area contributed by atoms with E-state index in [0.29, 0.717) is 0 Å². The molecule has 0 saturated carbocycles. The van der Waals surface area contributed by atoms with Gasteiger partial charge in [0.05, 0.1) is 0 Å². The molecule has 2 aliphatic rings. The largest absolute Gasteiger partial charge is 0.481 e. The number of carboxylic acid groups (broad SMARTS) is 1. The van der Waals surface area contributed by atoms with Crippen molar-refractivity contribution in [3.05, 3.63) is 59.7 Å². The summed E-state index contributed by atoms with van der Waals surface area (Å²) in [6.45, 7) is 0.252. The summed E-state index contributed by atoms with van der Waals surface area (Å²) in [5, 5.41) is 11.6. The number of benzene rings is 2. The number of hydrogen-bond donors (Lipinski definition) is 2. The number of hydrogen-bond acceptors (Lipinski definition) is 4. The van der Waals surface area contributed by atoms with Crippen molar-refractivity contribution >= 4 is 18.0 Å². The summed E-state index contributed by atoms with van der Waals surface area (Å²) in [7, 11) is 0. The van der Waals surface area contributed by atoms with Crippen molar-refractivity contribution in [1.29, 1.82) is 0 Å². The standard InChI is InChI=1S/C25H25F3N2O5/c1-2-20(21(31)30-12-11-24(14-30,22(32)33)25(26,27)28)29-23(34)35-13-19-17-9-5-3-7-15(17)16-8-4-6-10-18(16)19/h3-10,19-20H,2,11-14H2,1H3,(H,29,34)(H,32,33). The molecule has 0 aromatic heterocycles. The predicted octanol–water partition coefficient (Wildman–Crippen LogP) is 4.17. The van der Waals surface area contributed by atoms with Gasteiger partial charge in [0.1, 0.15) is 12.6 Å². The van der Waals surface area contributed by atoms with Crippen molar-refractivity contribution in [3.63, 3.8) is 0 Å². The Balaban J connectivity index is 1.40. The molecule has 1 aliphatic heterocycles. The maximum absolute atomic E-state index is 13.4. The molecule has 1 saturated heterocycles. The minimum Gasteiger partial charge on any atom is -0.481 e. The van der Waals surface area contributed by atoms with Crippen LogP contribution >= 0.6 is 0 Å². The van der Waals surface area contributed by atoms with Gasteiger partial charge in [-0.1, -0.05) is 55.5 Å². The van der Waals surface area contributed by atoms with Crippen LogP contribution in [0.3, 0.4) is 0 Å². The first-order valence-corrected chi connectivity index (χ1v) is 11.3. The Kier molecular flexibility index (Phi) is 6.48. The Bertz CT molecular complexity index is 1110. The van der Waals surface area contributed by atoms with E-state index < -0.39 is 48.6 Å². The average molecular weight is 490 g/mol. The summed E-state index contributed by atoms with van der Waals surface area (Å²) < 4.78 is 45.8. The molecule has 2 aromatic carbocycles. The molecule has 2 aromatic rings. The zero-order valence-electron chi connectivity index (χ0n) is 19.0. The monoisotopic (exact) mass is 490 g/mol. The number of carboxylic acids is 1. The van der Waals surface area contributed by atoms with Crippen LogP contribution in [0.25, 0.3) is 11.1 Å².